The largest absolute Gasteiger partial charge is 0.756 e. The summed E-state index contributed by atoms with van der Waals surface area (Å²) in [6.07, 6.45) is 22.5. The lowest BCUT2D eigenvalue weighted by Gasteiger charge is -2.30. The Hall–Kier alpha value is -1.02. The van der Waals surface area contributed by atoms with Gasteiger partial charge in [-0.3, -0.25) is 9.36 Å². The Kier molecular flexibility index (Phi) is 23.0. The van der Waals surface area contributed by atoms with Crippen molar-refractivity contribution in [1.29, 1.82) is 0 Å². The van der Waals surface area contributed by atoms with Crippen molar-refractivity contribution in [3.8, 4) is 0 Å². The van der Waals surface area contributed by atoms with Gasteiger partial charge in [-0.15, -0.1) is 0 Å². The van der Waals surface area contributed by atoms with Crippen molar-refractivity contribution in [3.05, 3.63) is 24.3 Å². The number of likely N-dealkylation sites (N-methyl/N-ethyl adjacent to an activating group) is 1. The zero-order chi connectivity index (χ0) is 29.4. The van der Waals surface area contributed by atoms with Crippen LogP contribution in [0.1, 0.15) is 110 Å². The van der Waals surface area contributed by atoms with Gasteiger partial charge in [-0.2, -0.15) is 0 Å². The third kappa shape index (κ3) is 25.7. The lowest BCUT2D eigenvalue weighted by atomic mass is 10.0. The van der Waals surface area contributed by atoms with Crippen molar-refractivity contribution in [3.63, 3.8) is 0 Å². The van der Waals surface area contributed by atoms with Gasteiger partial charge in [0.25, 0.3) is 7.82 Å². The van der Waals surface area contributed by atoms with Gasteiger partial charge in [-0.25, -0.2) is 0 Å². The molecule has 0 aromatic carbocycles. The van der Waals surface area contributed by atoms with Gasteiger partial charge in [0.05, 0.1) is 39.9 Å². The van der Waals surface area contributed by atoms with Crippen molar-refractivity contribution in [2.24, 2.45) is 0 Å². The van der Waals surface area contributed by atoms with Crippen LogP contribution in [-0.4, -0.2) is 68.5 Å². The van der Waals surface area contributed by atoms with Crippen molar-refractivity contribution < 1.29 is 32.9 Å². The Morgan fingerprint density at radius 3 is 2.15 bits per heavy atom. The zero-order valence-corrected chi connectivity index (χ0v) is 26.5. The molecule has 0 bridgehead atoms. The highest BCUT2D eigenvalue weighted by Gasteiger charge is 2.24. The van der Waals surface area contributed by atoms with Gasteiger partial charge < -0.3 is 28.8 Å². The standard InChI is InChI=1S/C30H59N2O6P/c1-6-8-10-11-12-13-14-15-16-17-18-19-20-22-24-30(34)31-28(29(33)23-21-9-7-2)27-38-39(35,36)37-26-25-32(3,4)5/h11-12,14-15,28-29,33H,6-10,13,16-27H2,1-5H3,(H-,31,34,35,36)/b12-11-,15-14-. The average molecular weight is 575 g/mol. The van der Waals surface area contributed by atoms with Crippen LogP contribution < -0.4 is 10.2 Å². The number of carbonyl (C=O) groups excluding carboxylic acids is 1. The molecule has 0 aliphatic rings. The number of nitrogens with one attached hydrogen (secondary N) is 1. The quantitative estimate of drug-likeness (QED) is 0.0564. The van der Waals surface area contributed by atoms with Gasteiger partial charge in [0, 0.05) is 6.42 Å². The van der Waals surface area contributed by atoms with E-state index in [0.717, 1.165) is 64.2 Å². The van der Waals surface area contributed by atoms with Gasteiger partial charge in [0.15, 0.2) is 0 Å². The summed E-state index contributed by atoms with van der Waals surface area (Å²) in [7, 11) is 1.28. The fourth-order valence-corrected chi connectivity index (χ4v) is 4.60. The molecule has 3 atom stereocenters. The molecule has 1 amide bonds. The summed E-state index contributed by atoms with van der Waals surface area (Å²) in [4.78, 5) is 24.7. The molecule has 8 nitrogen and oxygen atoms in total. The van der Waals surface area contributed by atoms with Crippen molar-refractivity contribution in [2.75, 3.05) is 40.9 Å². The second kappa shape index (κ2) is 23.7. The summed E-state index contributed by atoms with van der Waals surface area (Å²) < 4.78 is 22.7. The summed E-state index contributed by atoms with van der Waals surface area (Å²) in [6, 6.07) is -0.799. The first-order chi connectivity index (χ1) is 18.5. The predicted octanol–water partition coefficient (Wildman–Crippen LogP) is 6.04. The number of phosphoric ester groups is 1. The molecule has 0 aromatic heterocycles. The minimum atomic E-state index is -4.53. The third-order valence-electron chi connectivity index (χ3n) is 6.44. The van der Waals surface area contributed by atoms with E-state index in [1.807, 2.05) is 21.1 Å². The van der Waals surface area contributed by atoms with Crippen LogP contribution in [0.5, 0.6) is 0 Å². The predicted molar refractivity (Wildman–Crippen MR) is 159 cm³/mol. The monoisotopic (exact) mass is 574 g/mol. The first-order valence-electron chi connectivity index (χ1n) is 15.2. The second-order valence-electron chi connectivity index (χ2n) is 11.5. The molecule has 0 saturated carbocycles. The molecule has 0 aliphatic heterocycles. The molecule has 0 heterocycles. The summed E-state index contributed by atoms with van der Waals surface area (Å²) >= 11 is 0. The van der Waals surface area contributed by atoms with Crippen LogP contribution in [0.3, 0.4) is 0 Å². The number of amides is 1. The molecule has 39 heavy (non-hydrogen) atoms. The number of phosphoric acid groups is 1. The number of aliphatic hydroxyl groups is 1. The molecule has 2 N–H and O–H groups in total. The molecule has 0 spiro atoms. The summed E-state index contributed by atoms with van der Waals surface area (Å²) in [6.45, 7) is 4.45. The lowest BCUT2D eigenvalue weighted by molar-refractivity contribution is -0.870. The van der Waals surface area contributed by atoms with E-state index >= 15 is 0 Å². The van der Waals surface area contributed by atoms with Crippen LogP contribution >= 0.6 is 7.82 Å². The van der Waals surface area contributed by atoms with E-state index < -0.39 is 20.0 Å². The van der Waals surface area contributed by atoms with Crippen molar-refractivity contribution in [2.45, 2.75) is 122 Å². The fourth-order valence-electron chi connectivity index (χ4n) is 3.87. The molecular formula is C30H59N2O6P. The maximum Gasteiger partial charge on any atom is 0.268 e. The molecule has 0 fully saturated rings. The van der Waals surface area contributed by atoms with Crippen molar-refractivity contribution in [1.82, 2.24) is 5.32 Å². The number of quaternary nitrogens is 1. The Labute approximate surface area is 239 Å². The number of allylic oxidation sites excluding steroid dienone is 4. The molecule has 0 radical (unpaired) electrons. The molecule has 3 unspecified atom stereocenters. The van der Waals surface area contributed by atoms with Gasteiger partial charge in [0.1, 0.15) is 13.2 Å². The van der Waals surface area contributed by atoms with Gasteiger partial charge in [-0.1, -0.05) is 89.5 Å². The van der Waals surface area contributed by atoms with Crippen LogP contribution in [0.25, 0.3) is 0 Å². The maximum atomic E-state index is 12.5. The first-order valence-corrected chi connectivity index (χ1v) is 16.6. The van der Waals surface area contributed by atoms with Crippen LogP contribution in [0.2, 0.25) is 0 Å². The summed E-state index contributed by atoms with van der Waals surface area (Å²) in [5.74, 6) is -0.195. The number of nitrogens with zero attached hydrogens (tertiary/aromatic N) is 1. The van der Waals surface area contributed by atoms with E-state index in [2.05, 4.69) is 43.5 Å². The van der Waals surface area contributed by atoms with E-state index in [1.54, 1.807) is 0 Å². The number of unbranched alkanes of at least 4 members (excludes halogenated alkanes) is 9. The first kappa shape index (κ1) is 38.0. The molecule has 9 heteroatoms. The van der Waals surface area contributed by atoms with Crippen LogP contribution in [0.4, 0.5) is 0 Å². The summed E-state index contributed by atoms with van der Waals surface area (Å²) in [5.41, 5.74) is 0. The highest BCUT2D eigenvalue weighted by atomic mass is 31.2. The molecule has 0 rings (SSSR count). The number of rotatable bonds is 26. The van der Waals surface area contributed by atoms with Crippen molar-refractivity contribution >= 4 is 13.7 Å². The topological polar surface area (TPSA) is 108 Å². The molecule has 0 aromatic rings. The second-order valence-corrected chi connectivity index (χ2v) is 12.9. The zero-order valence-electron chi connectivity index (χ0n) is 25.6. The molecule has 0 saturated heterocycles. The number of carbonyl (C=O) groups is 1. The Balaban J connectivity index is 4.34. The van der Waals surface area contributed by atoms with Crippen LogP contribution in [-0.2, 0) is 18.4 Å². The number of hydrogen-bond acceptors (Lipinski definition) is 6. The SMILES string of the molecule is CCCC/C=C\C/C=C\CCCCCCCC(=O)NC(COP(=O)([O-])OCC[N+](C)(C)C)C(O)CCCCC. The Morgan fingerprint density at radius 1 is 0.897 bits per heavy atom. The highest BCUT2D eigenvalue weighted by Crippen LogP contribution is 2.38. The van der Waals surface area contributed by atoms with Gasteiger partial charge in [0.2, 0.25) is 5.91 Å². The highest BCUT2D eigenvalue weighted by molar-refractivity contribution is 7.45. The minimum absolute atomic E-state index is 0.00706. The van der Waals surface area contributed by atoms with Gasteiger partial charge in [-0.05, 0) is 38.5 Å². The van der Waals surface area contributed by atoms with Crippen LogP contribution in [0, 0.1) is 0 Å². The third-order valence-corrected chi connectivity index (χ3v) is 7.41. The molecule has 230 valence electrons. The average Bonchev–Trinajstić information content (AvgIpc) is 2.85. The Morgan fingerprint density at radius 2 is 1.51 bits per heavy atom. The number of aliphatic hydroxyl groups excluding tert-OH is 1. The minimum Gasteiger partial charge on any atom is -0.756 e. The van der Waals surface area contributed by atoms with E-state index in [-0.39, 0.29) is 19.1 Å². The Bertz CT molecular complexity index is 708. The van der Waals surface area contributed by atoms with Crippen LogP contribution in [0.15, 0.2) is 24.3 Å². The fraction of sp³-hybridized carbons (Fsp3) is 0.833. The van der Waals surface area contributed by atoms with E-state index in [4.69, 9.17) is 9.05 Å². The molecular weight excluding hydrogens is 515 g/mol. The van der Waals surface area contributed by atoms with E-state index in [1.165, 1.54) is 19.3 Å². The lowest BCUT2D eigenvalue weighted by Crippen LogP contribution is -2.46. The smallest absolute Gasteiger partial charge is 0.268 e. The van der Waals surface area contributed by atoms with Gasteiger partial charge >= 0.3 is 0 Å². The normalized spacial score (nSPS) is 15.6. The molecule has 0 aliphatic carbocycles. The number of hydrogen-bond donors (Lipinski definition) is 2. The van der Waals surface area contributed by atoms with E-state index in [9.17, 15) is 19.4 Å². The van der Waals surface area contributed by atoms with E-state index in [0.29, 0.717) is 23.9 Å². The maximum absolute atomic E-state index is 12.5. The summed E-state index contributed by atoms with van der Waals surface area (Å²) in [5, 5.41) is 13.4.